The summed E-state index contributed by atoms with van der Waals surface area (Å²) in [5.74, 6) is 1.65. The standard InChI is InChI=1S/C11H24.C11H20/c2*1-4-6-7-8-9-10-11(3)5-2/h11H,4-10H2,1-3H3;4-5,11H,1-2,6-10H2,3H3. The Morgan fingerprint density at radius 3 is 1.91 bits per heavy atom. The predicted molar refractivity (Wildman–Crippen MR) is 105 cm³/mol. The molecule has 0 nitrogen and oxygen atoms in total. The second-order valence-electron chi connectivity index (χ2n) is 6.86. The molecule has 2 atom stereocenters. The van der Waals surface area contributed by atoms with Crippen LogP contribution in [0, 0.1) is 11.8 Å². The topological polar surface area (TPSA) is 0 Å². The van der Waals surface area contributed by atoms with Gasteiger partial charge >= 0.3 is 0 Å². The Morgan fingerprint density at radius 2 is 1.36 bits per heavy atom. The molecular weight excluding hydrogens is 264 g/mol. The summed E-state index contributed by atoms with van der Waals surface area (Å²) in [5, 5.41) is 0. The zero-order valence-electron chi connectivity index (χ0n) is 16.2. The Morgan fingerprint density at radius 1 is 0.773 bits per heavy atom. The highest BCUT2D eigenvalue weighted by Crippen LogP contribution is 2.13. The Bertz CT molecular complexity index is 216. The van der Waals surface area contributed by atoms with E-state index in [9.17, 15) is 0 Å². The highest BCUT2D eigenvalue weighted by atomic mass is 14.0. The van der Waals surface area contributed by atoms with Crippen LogP contribution in [0.15, 0.2) is 25.3 Å². The normalized spacial score (nSPS) is 12.9. The fourth-order valence-corrected chi connectivity index (χ4v) is 2.35. The summed E-state index contributed by atoms with van der Waals surface area (Å²) in [6.07, 6.45) is 20.4. The highest BCUT2D eigenvalue weighted by Gasteiger charge is 1.97. The van der Waals surface area contributed by atoms with Crippen molar-refractivity contribution >= 4 is 0 Å². The van der Waals surface area contributed by atoms with Crippen LogP contribution >= 0.6 is 0 Å². The Balaban J connectivity index is 0. The van der Waals surface area contributed by atoms with Gasteiger partial charge in [0.25, 0.3) is 0 Å². The van der Waals surface area contributed by atoms with Gasteiger partial charge in [0.15, 0.2) is 0 Å². The molecule has 132 valence electrons. The molecule has 0 heterocycles. The summed E-state index contributed by atoms with van der Waals surface area (Å²) >= 11 is 0. The van der Waals surface area contributed by atoms with Gasteiger partial charge in [0.2, 0.25) is 0 Å². The molecule has 0 fully saturated rings. The lowest BCUT2D eigenvalue weighted by Gasteiger charge is -2.06. The van der Waals surface area contributed by atoms with Crippen molar-refractivity contribution < 1.29 is 0 Å². The van der Waals surface area contributed by atoms with Gasteiger partial charge in [-0.1, -0.05) is 97.6 Å². The minimum absolute atomic E-state index is 0.693. The molecule has 0 bridgehead atoms. The number of allylic oxidation sites excluding steroid dienone is 2. The molecule has 0 aromatic rings. The highest BCUT2D eigenvalue weighted by molar-refractivity contribution is 4.74. The monoisotopic (exact) mass is 308 g/mol. The molecule has 0 aliphatic rings. The van der Waals surface area contributed by atoms with Crippen LogP contribution in [0.4, 0.5) is 0 Å². The van der Waals surface area contributed by atoms with Gasteiger partial charge in [-0.25, -0.2) is 0 Å². The first-order valence-corrected chi connectivity index (χ1v) is 9.85. The third-order valence-corrected chi connectivity index (χ3v) is 4.47. The molecule has 0 aromatic heterocycles. The fourth-order valence-electron chi connectivity index (χ4n) is 2.35. The maximum atomic E-state index is 3.76. The van der Waals surface area contributed by atoms with E-state index in [4.69, 9.17) is 0 Å². The van der Waals surface area contributed by atoms with Crippen LogP contribution in [0.5, 0.6) is 0 Å². The van der Waals surface area contributed by atoms with Crippen molar-refractivity contribution in [3.05, 3.63) is 25.3 Å². The van der Waals surface area contributed by atoms with Crippen molar-refractivity contribution in [1.29, 1.82) is 0 Å². The molecule has 0 aliphatic carbocycles. The number of rotatable bonds is 14. The average Bonchev–Trinajstić information content (AvgIpc) is 2.54. The first-order valence-electron chi connectivity index (χ1n) is 9.85. The van der Waals surface area contributed by atoms with Crippen molar-refractivity contribution in [3.63, 3.8) is 0 Å². The maximum absolute atomic E-state index is 3.76. The van der Waals surface area contributed by atoms with E-state index in [1.807, 2.05) is 12.2 Å². The quantitative estimate of drug-likeness (QED) is 0.223. The second-order valence-corrected chi connectivity index (χ2v) is 6.86. The van der Waals surface area contributed by atoms with E-state index < -0.39 is 0 Å². The SMILES string of the molecule is C=CCCCCCC(C)C=C.CCCCCCCC(C)CC. The molecule has 0 radical (unpaired) electrons. The van der Waals surface area contributed by atoms with E-state index >= 15 is 0 Å². The van der Waals surface area contributed by atoms with Crippen molar-refractivity contribution in [2.24, 2.45) is 11.8 Å². The summed E-state index contributed by atoms with van der Waals surface area (Å²) < 4.78 is 0. The zero-order chi connectivity index (χ0) is 17.1. The molecule has 0 saturated carbocycles. The zero-order valence-corrected chi connectivity index (χ0v) is 16.2. The molecule has 0 aromatic carbocycles. The summed E-state index contributed by atoms with van der Waals surface area (Å²) in [5.41, 5.74) is 0. The van der Waals surface area contributed by atoms with Gasteiger partial charge in [0.1, 0.15) is 0 Å². The van der Waals surface area contributed by atoms with Crippen LogP contribution < -0.4 is 0 Å². The third-order valence-electron chi connectivity index (χ3n) is 4.47. The van der Waals surface area contributed by atoms with Gasteiger partial charge in [-0.05, 0) is 31.1 Å². The minimum Gasteiger partial charge on any atom is -0.103 e. The Labute approximate surface area is 142 Å². The lowest BCUT2D eigenvalue weighted by Crippen LogP contribution is -1.91. The van der Waals surface area contributed by atoms with Gasteiger partial charge in [-0.3, -0.25) is 0 Å². The number of hydrogen-bond acceptors (Lipinski definition) is 0. The molecule has 0 saturated heterocycles. The minimum atomic E-state index is 0.693. The Kier molecular flexibility index (Phi) is 22.1. The van der Waals surface area contributed by atoms with Crippen molar-refractivity contribution in [2.45, 2.75) is 105 Å². The van der Waals surface area contributed by atoms with Crippen molar-refractivity contribution in [2.75, 3.05) is 0 Å². The van der Waals surface area contributed by atoms with E-state index in [1.165, 1.54) is 77.0 Å². The predicted octanol–water partition coefficient (Wildman–Crippen LogP) is 8.34. The lowest BCUT2D eigenvalue weighted by atomic mass is 10.0. The van der Waals surface area contributed by atoms with Crippen LogP contribution in [-0.2, 0) is 0 Å². The van der Waals surface area contributed by atoms with Gasteiger partial charge in [0.05, 0.1) is 0 Å². The smallest absolute Gasteiger partial charge is 0.0265 e. The van der Waals surface area contributed by atoms with Gasteiger partial charge < -0.3 is 0 Å². The van der Waals surface area contributed by atoms with Crippen LogP contribution in [0.1, 0.15) is 105 Å². The number of unbranched alkanes of at least 4 members (excludes halogenated alkanes) is 7. The van der Waals surface area contributed by atoms with E-state index in [0.29, 0.717) is 5.92 Å². The van der Waals surface area contributed by atoms with Crippen LogP contribution in [0.25, 0.3) is 0 Å². The van der Waals surface area contributed by atoms with Crippen LogP contribution in [-0.4, -0.2) is 0 Å². The number of hydrogen-bond donors (Lipinski definition) is 0. The second kappa shape index (κ2) is 20.5. The Hall–Kier alpha value is -0.520. The maximum Gasteiger partial charge on any atom is -0.0265 e. The molecule has 0 heteroatoms. The van der Waals surface area contributed by atoms with E-state index in [1.54, 1.807) is 0 Å². The van der Waals surface area contributed by atoms with Gasteiger partial charge in [-0.2, -0.15) is 0 Å². The molecule has 0 aliphatic heterocycles. The van der Waals surface area contributed by atoms with Crippen LogP contribution in [0.3, 0.4) is 0 Å². The van der Waals surface area contributed by atoms with Gasteiger partial charge in [0, 0.05) is 0 Å². The van der Waals surface area contributed by atoms with Gasteiger partial charge in [-0.15, -0.1) is 13.2 Å². The lowest BCUT2D eigenvalue weighted by molar-refractivity contribution is 0.474. The van der Waals surface area contributed by atoms with Crippen molar-refractivity contribution in [1.82, 2.24) is 0 Å². The van der Waals surface area contributed by atoms with Crippen LogP contribution in [0.2, 0.25) is 0 Å². The third kappa shape index (κ3) is 21.8. The van der Waals surface area contributed by atoms with Crippen molar-refractivity contribution in [3.8, 4) is 0 Å². The molecule has 0 rings (SSSR count). The largest absolute Gasteiger partial charge is 0.103 e. The summed E-state index contributed by atoms with van der Waals surface area (Å²) in [6, 6.07) is 0. The molecule has 2 unspecified atom stereocenters. The first kappa shape index (κ1) is 23.7. The molecule has 0 spiro atoms. The molecular formula is C22H44. The summed E-state index contributed by atoms with van der Waals surface area (Å²) in [6.45, 7) is 16.6. The fraction of sp³-hybridized carbons (Fsp3) is 0.818. The van der Waals surface area contributed by atoms with E-state index in [-0.39, 0.29) is 0 Å². The molecule has 0 N–H and O–H groups in total. The average molecular weight is 309 g/mol. The summed E-state index contributed by atoms with van der Waals surface area (Å²) in [7, 11) is 0. The van der Waals surface area contributed by atoms with E-state index in [0.717, 1.165) is 5.92 Å². The molecule has 0 amide bonds. The molecule has 22 heavy (non-hydrogen) atoms. The van der Waals surface area contributed by atoms with E-state index in [2.05, 4.69) is 40.9 Å². The summed E-state index contributed by atoms with van der Waals surface area (Å²) in [4.78, 5) is 0. The first-order chi connectivity index (χ1) is 10.6.